The first-order chi connectivity index (χ1) is 8.17. The number of carbonyl (C=O) groups excluding carboxylic acids is 1. The number of carbonyl (C=O) groups is 1. The topological polar surface area (TPSA) is 52.3 Å². The lowest BCUT2D eigenvalue weighted by Crippen LogP contribution is -2.09. The fourth-order valence-electron chi connectivity index (χ4n) is 1.70. The second-order valence-electron chi connectivity index (χ2n) is 3.76. The number of esters is 1. The Balaban J connectivity index is 2.66. The van der Waals surface area contributed by atoms with Crippen LogP contribution in [-0.2, 0) is 22.4 Å². The first kappa shape index (κ1) is 13.6. The Morgan fingerprint density at radius 1 is 1.35 bits per heavy atom. The lowest BCUT2D eigenvalue weighted by molar-refractivity contribution is -0.143. The van der Waals surface area contributed by atoms with Crippen LogP contribution in [0.2, 0.25) is 0 Å². The molecule has 0 aromatic heterocycles. The zero-order valence-corrected chi connectivity index (χ0v) is 10.0. The average Bonchev–Trinajstić information content (AvgIpc) is 2.29. The van der Waals surface area contributed by atoms with E-state index >= 15 is 0 Å². The van der Waals surface area contributed by atoms with Crippen molar-refractivity contribution in [3.63, 3.8) is 0 Å². The molecule has 94 valence electrons. The number of hydrogen-bond acceptors (Lipinski definition) is 3. The molecule has 17 heavy (non-hydrogen) atoms. The highest BCUT2D eigenvalue weighted by Gasteiger charge is 2.07. The van der Waals surface area contributed by atoms with E-state index in [0.29, 0.717) is 32.4 Å². The molecule has 0 aliphatic rings. The third kappa shape index (κ3) is 4.53. The molecular weight excluding hydrogens is 221 g/mol. The number of halogens is 1. The van der Waals surface area contributed by atoms with Gasteiger partial charge in [-0.25, -0.2) is 4.39 Å². The maximum absolute atomic E-state index is 13.1. The van der Waals surface area contributed by atoms with Crippen molar-refractivity contribution in [3.05, 3.63) is 35.1 Å². The zero-order chi connectivity index (χ0) is 12.7. The maximum Gasteiger partial charge on any atom is 0.306 e. The third-order valence-electron chi connectivity index (χ3n) is 2.49. The Morgan fingerprint density at radius 2 is 2.12 bits per heavy atom. The van der Waals surface area contributed by atoms with Gasteiger partial charge < -0.3 is 10.5 Å². The molecule has 0 atom stereocenters. The van der Waals surface area contributed by atoms with Gasteiger partial charge in [0.2, 0.25) is 0 Å². The SMILES string of the molecule is CCOC(=O)CCc1ccc(F)cc1CCN. The number of hydrogen-bond donors (Lipinski definition) is 1. The number of ether oxygens (including phenoxy) is 1. The van der Waals surface area contributed by atoms with Crippen LogP contribution in [0, 0.1) is 5.82 Å². The average molecular weight is 239 g/mol. The minimum Gasteiger partial charge on any atom is -0.466 e. The fourth-order valence-corrected chi connectivity index (χ4v) is 1.70. The standard InChI is InChI=1S/C13H18FNO2/c1-2-17-13(16)6-4-10-3-5-12(14)9-11(10)7-8-15/h3,5,9H,2,4,6-8,15H2,1H3. The van der Waals surface area contributed by atoms with E-state index in [-0.39, 0.29) is 11.8 Å². The molecule has 0 amide bonds. The van der Waals surface area contributed by atoms with Gasteiger partial charge in [-0.2, -0.15) is 0 Å². The summed E-state index contributed by atoms with van der Waals surface area (Å²) in [5.41, 5.74) is 7.30. The molecule has 0 aliphatic heterocycles. The van der Waals surface area contributed by atoms with E-state index in [2.05, 4.69) is 0 Å². The Bertz CT molecular complexity index is 380. The molecule has 4 heteroatoms. The van der Waals surface area contributed by atoms with Crippen molar-refractivity contribution in [1.29, 1.82) is 0 Å². The lowest BCUT2D eigenvalue weighted by Gasteiger charge is -2.08. The van der Waals surface area contributed by atoms with E-state index in [0.717, 1.165) is 11.1 Å². The van der Waals surface area contributed by atoms with Gasteiger partial charge in [0.1, 0.15) is 5.82 Å². The zero-order valence-electron chi connectivity index (χ0n) is 10.0. The molecule has 1 aromatic carbocycles. The van der Waals surface area contributed by atoms with Gasteiger partial charge in [0, 0.05) is 6.42 Å². The molecule has 0 heterocycles. The Morgan fingerprint density at radius 3 is 2.76 bits per heavy atom. The predicted octanol–water partition coefficient (Wildman–Crippen LogP) is 1.82. The molecule has 0 fully saturated rings. The van der Waals surface area contributed by atoms with Crippen molar-refractivity contribution in [2.45, 2.75) is 26.2 Å². The highest BCUT2D eigenvalue weighted by atomic mass is 19.1. The van der Waals surface area contributed by atoms with Gasteiger partial charge in [-0.1, -0.05) is 6.07 Å². The molecule has 1 rings (SSSR count). The minimum atomic E-state index is -0.270. The van der Waals surface area contributed by atoms with Gasteiger partial charge in [0.05, 0.1) is 6.61 Å². The fraction of sp³-hybridized carbons (Fsp3) is 0.462. The molecule has 2 N–H and O–H groups in total. The number of aryl methyl sites for hydroxylation is 1. The highest BCUT2D eigenvalue weighted by Crippen LogP contribution is 2.14. The molecule has 0 spiro atoms. The first-order valence-corrected chi connectivity index (χ1v) is 5.80. The smallest absolute Gasteiger partial charge is 0.306 e. The van der Waals surface area contributed by atoms with Gasteiger partial charge in [-0.05, 0) is 49.6 Å². The number of rotatable bonds is 6. The van der Waals surface area contributed by atoms with Crippen LogP contribution in [0.1, 0.15) is 24.5 Å². The Labute approximate surface area is 101 Å². The Kier molecular flexibility index (Phi) is 5.63. The normalized spacial score (nSPS) is 10.3. The highest BCUT2D eigenvalue weighted by molar-refractivity contribution is 5.69. The van der Waals surface area contributed by atoms with Gasteiger partial charge in [0.15, 0.2) is 0 Å². The summed E-state index contributed by atoms with van der Waals surface area (Å²) in [7, 11) is 0. The van der Waals surface area contributed by atoms with Crippen LogP contribution in [0.3, 0.4) is 0 Å². The summed E-state index contributed by atoms with van der Waals surface area (Å²) < 4.78 is 17.9. The molecule has 0 saturated carbocycles. The van der Waals surface area contributed by atoms with Gasteiger partial charge >= 0.3 is 5.97 Å². The predicted molar refractivity (Wildman–Crippen MR) is 64.1 cm³/mol. The van der Waals surface area contributed by atoms with Crippen LogP contribution < -0.4 is 5.73 Å². The molecular formula is C13H18FNO2. The van der Waals surface area contributed by atoms with E-state index in [1.165, 1.54) is 12.1 Å². The monoisotopic (exact) mass is 239 g/mol. The van der Waals surface area contributed by atoms with Crippen LogP contribution in [-0.4, -0.2) is 19.1 Å². The van der Waals surface area contributed by atoms with Crippen LogP contribution in [0.5, 0.6) is 0 Å². The molecule has 0 saturated heterocycles. The molecule has 0 unspecified atom stereocenters. The number of nitrogens with two attached hydrogens (primary N) is 1. The molecule has 0 aliphatic carbocycles. The second-order valence-corrected chi connectivity index (χ2v) is 3.76. The van der Waals surface area contributed by atoms with Crippen LogP contribution >= 0.6 is 0 Å². The van der Waals surface area contributed by atoms with Crippen molar-refractivity contribution < 1.29 is 13.9 Å². The molecule has 0 radical (unpaired) electrons. The van der Waals surface area contributed by atoms with Gasteiger partial charge in [-0.3, -0.25) is 4.79 Å². The van der Waals surface area contributed by atoms with E-state index in [9.17, 15) is 9.18 Å². The largest absolute Gasteiger partial charge is 0.466 e. The molecule has 1 aromatic rings. The van der Waals surface area contributed by atoms with Gasteiger partial charge in [-0.15, -0.1) is 0 Å². The maximum atomic E-state index is 13.1. The van der Waals surface area contributed by atoms with Crippen LogP contribution in [0.4, 0.5) is 4.39 Å². The van der Waals surface area contributed by atoms with Crippen molar-refractivity contribution in [3.8, 4) is 0 Å². The summed E-state index contributed by atoms with van der Waals surface area (Å²) >= 11 is 0. The minimum absolute atomic E-state index is 0.226. The van der Waals surface area contributed by atoms with Crippen molar-refractivity contribution in [2.24, 2.45) is 5.73 Å². The Hall–Kier alpha value is -1.42. The van der Waals surface area contributed by atoms with Crippen molar-refractivity contribution in [1.82, 2.24) is 0 Å². The summed E-state index contributed by atoms with van der Waals surface area (Å²) in [5, 5.41) is 0. The first-order valence-electron chi connectivity index (χ1n) is 5.80. The van der Waals surface area contributed by atoms with Crippen LogP contribution in [0.15, 0.2) is 18.2 Å². The van der Waals surface area contributed by atoms with E-state index in [1.807, 2.05) is 0 Å². The summed E-state index contributed by atoms with van der Waals surface area (Å²) in [5.74, 6) is -0.496. The summed E-state index contributed by atoms with van der Waals surface area (Å²) in [4.78, 5) is 11.2. The summed E-state index contributed by atoms with van der Waals surface area (Å²) in [6.45, 7) is 2.63. The second kappa shape index (κ2) is 7.01. The van der Waals surface area contributed by atoms with E-state index in [1.54, 1.807) is 13.0 Å². The lowest BCUT2D eigenvalue weighted by atomic mass is 10.0. The van der Waals surface area contributed by atoms with Crippen molar-refractivity contribution in [2.75, 3.05) is 13.2 Å². The third-order valence-corrected chi connectivity index (χ3v) is 2.49. The summed E-state index contributed by atoms with van der Waals surface area (Å²) in [6.07, 6.45) is 1.50. The number of benzene rings is 1. The van der Waals surface area contributed by atoms with Crippen LogP contribution in [0.25, 0.3) is 0 Å². The summed E-state index contributed by atoms with van der Waals surface area (Å²) in [6, 6.07) is 4.59. The molecule has 3 nitrogen and oxygen atoms in total. The van der Waals surface area contributed by atoms with Crippen molar-refractivity contribution >= 4 is 5.97 Å². The molecule has 0 bridgehead atoms. The van der Waals surface area contributed by atoms with Gasteiger partial charge in [0.25, 0.3) is 0 Å². The van der Waals surface area contributed by atoms with E-state index in [4.69, 9.17) is 10.5 Å². The van der Waals surface area contributed by atoms with E-state index < -0.39 is 0 Å². The quantitative estimate of drug-likeness (QED) is 0.770.